The monoisotopic (exact) mass is 269 g/mol. The van der Waals surface area contributed by atoms with Crippen molar-refractivity contribution >= 4 is 11.9 Å². The Morgan fingerprint density at radius 2 is 2.00 bits per heavy atom. The summed E-state index contributed by atoms with van der Waals surface area (Å²) in [6.45, 7) is 7.56. The Morgan fingerprint density at radius 3 is 2.47 bits per heavy atom. The third kappa shape index (κ3) is 4.22. The third-order valence-corrected chi connectivity index (χ3v) is 4.59. The molecule has 19 heavy (non-hydrogen) atoms. The predicted octanol–water partition coefficient (Wildman–Crippen LogP) is 2.82. The number of hydrogen-bond donors (Lipinski definition) is 2. The second-order valence-corrected chi connectivity index (χ2v) is 6.59. The maximum absolute atomic E-state index is 12.1. The van der Waals surface area contributed by atoms with Crippen LogP contribution in [0.4, 0.5) is 0 Å². The molecule has 1 fully saturated rings. The summed E-state index contributed by atoms with van der Waals surface area (Å²) in [4.78, 5) is 23.4. The van der Waals surface area contributed by atoms with Gasteiger partial charge in [-0.3, -0.25) is 9.59 Å². The fourth-order valence-electron chi connectivity index (χ4n) is 2.70. The average Bonchev–Trinajstić information content (AvgIpc) is 2.27. The fourth-order valence-corrected chi connectivity index (χ4v) is 2.70. The lowest BCUT2D eigenvalue weighted by molar-refractivity contribution is -0.153. The van der Waals surface area contributed by atoms with Gasteiger partial charge < -0.3 is 10.4 Å². The maximum Gasteiger partial charge on any atom is 0.310 e. The molecule has 1 saturated carbocycles. The first kappa shape index (κ1) is 16.0. The highest BCUT2D eigenvalue weighted by atomic mass is 16.4. The largest absolute Gasteiger partial charge is 0.481 e. The molecule has 0 aromatic heterocycles. The summed E-state index contributed by atoms with van der Waals surface area (Å²) in [5.74, 6) is -0.441. The van der Waals surface area contributed by atoms with Crippen molar-refractivity contribution in [1.82, 2.24) is 5.32 Å². The zero-order valence-electron chi connectivity index (χ0n) is 12.5. The number of nitrogens with one attached hydrogen (secondary N) is 1. The van der Waals surface area contributed by atoms with Crippen LogP contribution in [0.15, 0.2) is 0 Å². The molecule has 4 nitrogen and oxygen atoms in total. The summed E-state index contributed by atoms with van der Waals surface area (Å²) in [5.41, 5.74) is -0.982. The van der Waals surface area contributed by atoms with Gasteiger partial charge in [0.1, 0.15) is 0 Å². The number of carboxylic acids is 1. The molecular formula is C15H27NO3. The van der Waals surface area contributed by atoms with Crippen LogP contribution in [0.5, 0.6) is 0 Å². The third-order valence-electron chi connectivity index (χ3n) is 4.59. The Morgan fingerprint density at radius 1 is 1.37 bits per heavy atom. The van der Waals surface area contributed by atoms with Crippen LogP contribution in [0, 0.1) is 17.3 Å². The van der Waals surface area contributed by atoms with E-state index in [0.717, 1.165) is 19.3 Å². The van der Waals surface area contributed by atoms with Crippen LogP contribution >= 0.6 is 0 Å². The van der Waals surface area contributed by atoms with E-state index in [-0.39, 0.29) is 24.3 Å². The Labute approximate surface area is 116 Å². The van der Waals surface area contributed by atoms with Gasteiger partial charge in [0.15, 0.2) is 0 Å². The molecule has 1 amide bonds. The number of carboxylic acid groups (broad SMARTS) is 1. The highest BCUT2D eigenvalue weighted by Crippen LogP contribution is 2.31. The van der Waals surface area contributed by atoms with E-state index in [1.54, 1.807) is 6.92 Å². The van der Waals surface area contributed by atoms with E-state index in [2.05, 4.69) is 12.2 Å². The lowest BCUT2D eigenvalue weighted by Gasteiger charge is -2.31. The first-order chi connectivity index (χ1) is 8.75. The summed E-state index contributed by atoms with van der Waals surface area (Å²) < 4.78 is 0. The number of rotatable bonds is 5. The van der Waals surface area contributed by atoms with Gasteiger partial charge in [0.05, 0.1) is 5.41 Å². The van der Waals surface area contributed by atoms with Gasteiger partial charge in [0.25, 0.3) is 0 Å². The highest BCUT2D eigenvalue weighted by molar-refractivity contribution is 5.85. The van der Waals surface area contributed by atoms with E-state index in [1.165, 1.54) is 6.42 Å². The van der Waals surface area contributed by atoms with Crippen molar-refractivity contribution in [2.45, 2.75) is 65.8 Å². The van der Waals surface area contributed by atoms with Gasteiger partial charge in [0.2, 0.25) is 5.91 Å². The second-order valence-electron chi connectivity index (χ2n) is 6.59. The van der Waals surface area contributed by atoms with E-state index in [1.807, 2.05) is 13.8 Å². The first-order valence-corrected chi connectivity index (χ1v) is 7.28. The molecule has 0 aromatic carbocycles. The van der Waals surface area contributed by atoms with E-state index >= 15 is 0 Å². The molecule has 3 atom stereocenters. The lowest BCUT2D eigenvalue weighted by Crippen LogP contribution is -2.43. The predicted molar refractivity (Wildman–Crippen MR) is 74.8 cm³/mol. The van der Waals surface area contributed by atoms with Gasteiger partial charge in [-0.05, 0) is 31.6 Å². The SMILES string of the molecule is CC1CCCC(NC(=O)CC(C)(C(=O)O)C(C)C)C1. The summed E-state index contributed by atoms with van der Waals surface area (Å²) in [5, 5.41) is 12.3. The van der Waals surface area contributed by atoms with Gasteiger partial charge in [-0.25, -0.2) is 0 Å². The van der Waals surface area contributed by atoms with Gasteiger partial charge in [-0.2, -0.15) is 0 Å². The van der Waals surface area contributed by atoms with Crippen LogP contribution in [0.25, 0.3) is 0 Å². The Kier molecular flexibility index (Phi) is 5.39. The summed E-state index contributed by atoms with van der Waals surface area (Å²) in [6.07, 6.45) is 4.46. The zero-order chi connectivity index (χ0) is 14.6. The molecule has 0 heterocycles. The van der Waals surface area contributed by atoms with Gasteiger partial charge >= 0.3 is 5.97 Å². The van der Waals surface area contributed by atoms with E-state index in [9.17, 15) is 14.7 Å². The molecule has 1 aliphatic rings. The Hall–Kier alpha value is -1.06. The first-order valence-electron chi connectivity index (χ1n) is 7.28. The van der Waals surface area contributed by atoms with Crippen LogP contribution in [0.1, 0.15) is 59.8 Å². The zero-order valence-corrected chi connectivity index (χ0v) is 12.5. The van der Waals surface area contributed by atoms with Crippen LogP contribution in [0.3, 0.4) is 0 Å². The quantitative estimate of drug-likeness (QED) is 0.806. The Balaban J connectivity index is 2.56. The highest BCUT2D eigenvalue weighted by Gasteiger charge is 2.39. The molecule has 110 valence electrons. The molecule has 2 N–H and O–H groups in total. The Bertz CT molecular complexity index is 340. The molecule has 0 aliphatic heterocycles. The topological polar surface area (TPSA) is 66.4 Å². The van der Waals surface area contributed by atoms with E-state index in [0.29, 0.717) is 5.92 Å². The minimum Gasteiger partial charge on any atom is -0.481 e. The molecule has 0 saturated heterocycles. The molecule has 1 aliphatic carbocycles. The summed E-state index contributed by atoms with van der Waals surface area (Å²) in [7, 11) is 0. The van der Waals surface area contributed by atoms with Crippen LogP contribution in [0.2, 0.25) is 0 Å². The van der Waals surface area contributed by atoms with Gasteiger partial charge in [-0.15, -0.1) is 0 Å². The van der Waals surface area contributed by atoms with Crippen LogP contribution < -0.4 is 5.32 Å². The van der Waals surface area contributed by atoms with Crippen LogP contribution in [-0.4, -0.2) is 23.0 Å². The molecule has 0 radical (unpaired) electrons. The molecule has 0 bridgehead atoms. The second kappa shape index (κ2) is 6.40. The minimum atomic E-state index is -0.982. The van der Waals surface area contributed by atoms with Crippen molar-refractivity contribution in [3.05, 3.63) is 0 Å². The number of amides is 1. The lowest BCUT2D eigenvalue weighted by atomic mass is 9.76. The van der Waals surface area contributed by atoms with Crippen molar-refractivity contribution in [2.75, 3.05) is 0 Å². The summed E-state index contributed by atoms with van der Waals surface area (Å²) in [6, 6.07) is 0.224. The number of hydrogen-bond acceptors (Lipinski definition) is 2. The van der Waals surface area contributed by atoms with Crippen molar-refractivity contribution in [1.29, 1.82) is 0 Å². The smallest absolute Gasteiger partial charge is 0.310 e. The molecule has 4 heteroatoms. The van der Waals surface area contributed by atoms with Gasteiger partial charge in [-0.1, -0.05) is 33.6 Å². The fraction of sp³-hybridized carbons (Fsp3) is 0.867. The van der Waals surface area contributed by atoms with Gasteiger partial charge in [0, 0.05) is 12.5 Å². The average molecular weight is 269 g/mol. The number of carbonyl (C=O) groups is 2. The molecule has 3 unspecified atom stereocenters. The van der Waals surface area contributed by atoms with E-state index in [4.69, 9.17) is 0 Å². The normalized spacial score (nSPS) is 26.8. The van der Waals surface area contributed by atoms with Crippen molar-refractivity contribution in [3.8, 4) is 0 Å². The number of carbonyl (C=O) groups excluding carboxylic acids is 1. The molecular weight excluding hydrogens is 242 g/mol. The minimum absolute atomic E-state index is 0.0604. The van der Waals surface area contributed by atoms with Crippen LogP contribution in [-0.2, 0) is 9.59 Å². The number of aliphatic carboxylic acids is 1. The molecule has 0 aromatic rings. The standard InChI is InChI=1S/C15H27NO3/c1-10(2)15(4,14(18)19)9-13(17)16-12-7-5-6-11(3)8-12/h10-12H,5-9H2,1-4H3,(H,16,17)(H,18,19). The van der Waals surface area contributed by atoms with E-state index < -0.39 is 11.4 Å². The van der Waals surface area contributed by atoms with Crippen molar-refractivity contribution in [2.24, 2.45) is 17.3 Å². The molecule has 1 rings (SSSR count). The van der Waals surface area contributed by atoms with Crippen molar-refractivity contribution < 1.29 is 14.7 Å². The summed E-state index contributed by atoms with van der Waals surface area (Å²) >= 11 is 0. The molecule has 0 spiro atoms. The van der Waals surface area contributed by atoms with Crippen molar-refractivity contribution in [3.63, 3.8) is 0 Å². The maximum atomic E-state index is 12.1.